The molecule has 0 saturated carbocycles. The third-order valence-electron chi connectivity index (χ3n) is 2.63. The van der Waals surface area contributed by atoms with Crippen LogP contribution in [0.1, 0.15) is 30.3 Å². The summed E-state index contributed by atoms with van der Waals surface area (Å²) in [4.78, 5) is 38.5. The lowest BCUT2D eigenvalue weighted by atomic mass is 10.3. The zero-order valence-corrected chi connectivity index (χ0v) is 14.3. The minimum absolute atomic E-state index is 0.140. The van der Waals surface area contributed by atoms with Gasteiger partial charge in [-0.15, -0.1) is 17.9 Å². The molecule has 1 aromatic rings. The Kier molecular flexibility index (Phi) is 9.13. The van der Waals surface area contributed by atoms with Gasteiger partial charge in [-0.05, 0) is 13.3 Å². The van der Waals surface area contributed by atoms with Gasteiger partial charge >= 0.3 is 11.9 Å². The summed E-state index contributed by atoms with van der Waals surface area (Å²) in [7, 11) is 0. The maximum Gasteiger partial charge on any atom is 0.358 e. The smallest absolute Gasteiger partial charge is 0.358 e. The molecule has 0 fully saturated rings. The van der Waals surface area contributed by atoms with Crippen LogP contribution < -0.4 is 10.6 Å². The van der Waals surface area contributed by atoms with Crippen molar-refractivity contribution in [2.24, 2.45) is 0 Å². The number of nitrogens with one attached hydrogen (secondary N) is 2. The van der Waals surface area contributed by atoms with E-state index in [9.17, 15) is 14.4 Å². The molecule has 2 N–H and O–H groups in total. The Balaban J connectivity index is 2.21. The molecule has 1 aromatic heterocycles. The highest BCUT2D eigenvalue weighted by molar-refractivity contribution is 7.13. The van der Waals surface area contributed by atoms with Crippen molar-refractivity contribution < 1.29 is 23.9 Å². The van der Waals surface area contributed by atoms with Crippen molar-refractivity contribution in [3.63, 3.8) is 0 Å². The second-order valence-corrected chi connectivity index (χ2v) is 5.40. The molecule has 0 radical (unpaired) electrons. The molecule has 0 aliphatic heterocycles. The number of nitrogens with zero attached hydrogens (tertiary/aromatic N) is 1. The molecular formula is C15H21N3O5S. The Morgan fingerprint density at radius 1 is 1.38 bits per heavy atom. The molecule has 0 atom stereocenters. The molecule has 0 saturated heterocycles. The molecule has 132 valence electrons. The van der Waals surface area contributed by atoms with E-state index >= 15 is 0 Å². The highest BCUT2D eigenvalue weighted by Crippen LogP contribution is 2.15. The molecule has 1 rings (SSSR count). The first-order valence-corrected chi connectivity index (χ1v) is 8.34. The van der Waals surface area contributed by atoms with Crippen molar-refractivity contribution in [2.45, 2.75) is 19.8 Å². The van der Waals surface area contributed by atoms with Gasteiger partial charge < -0.3 is 20.1 Å². The second kappa shape index (κ2) is 11.2. The van der Waals surface area contributed by atoms with Crippen LogP contribution in [0.4, 0.5) is 5.13 Å². The maximum atomic E-state index is 11.8. The number of hydrogen-bond donors (Lipinski definition) is 2. The summed E-state index contributed by atoms with van der Waals surface area (Å²) < 4.78 is 9.64. The zero-order chi connectivity index (χ0) is 17.8. The van der Waals surface area contributed by atoms with Gasteiger partial charge in [-0.3, -0.25) is 9.59 Å². The number of carbonyl (C=O) groups is 3. The average Bonchev–Trinajstić information content (AvgIpc) is 3.04. The van der Waals surface area contributed by atoms with Gasteiger partial charge in [0.1, 0.15) is 0 Å². The van der Waals surface area contributed by atoms with Crippen molar-refractivity contribution in [3.8, 4) is 0 Å². The first-order valence-electron chi connectivity index (χ1n) is 7.46. The summed E-state index contributed by atoms with van der Waals surface area (Å²) in [5.74, 6) is -1.41. The summed E-state index contributed by atoms with van der Waals surface area (Å²) >= 11 is 1.26. The van der Waals surface area contributed by atoms with Crippen LogP contribution >= 0.6 is 11.3 Å². The highest BCUT2D eigenvalue weighted by atomic mass is 32.1. The Morgan fingerprint density at radius 2 is 2.17 bits per heavy atom. The molecule has 0 unspecified atom stereocenters. The van der Waals surface area contributed by atoms with Crippen molar-refractivity contribution in [3.05, 3.63) is 23.7 Å². The average molecular weight is 355 g/mol. The fraction of sp³-hybridized carbons (Fsp3) is 0.467. The Morgan fingerprint density at radius 3 is 2.88 bits per heavy atom. The number of carbonyl (C=O) groups excluding carboxylic acids is 3. The summed E-state index contributed by atoms with van der Waals surface area (Å²) in [5.41, 5.74) is 0.140. The molecule has 0 aromatic carbocycles. The van der Waals surface area contributed by atoms with Gasteiger partial charge in [0, 0.05) is 24.9 Å². The number of thiazole rings is 1. The fourth-order valence-corrected chi connectivity index (χ4v) is 2.25. The quantitative estimate of drug-likeness (QED) is 0.351. The van der Waals surface area contributed by atoms with E-state index in [0.29, 0.717) is 31.2 Å². The van der Waals surface area contributed by atoms with E-state index in [2.05, 4.69) is 22.2 Å². The van der Waals surface area contributed by atoms with E-state index in [-0.39, 0.29) is 18.1 Å². The van der Waals surface area contributed by atoms with Crippen LogP contribution in [0.2, 0.25) is 0 Å². The monoisotopic (exact) mass is 355 g/mol. The predicted octanol–water partition coefficient (Wildman–Crippen LogP) is 1.36. The molecular weight excluding hydrogens is 334 g/mol. The van der Waals surface area contributed by atoms with Crippen LogP contribution in [0.3, 0.4) is 0 Å². The Labute approximate surface area is 144 Å². The summed E-state index contributed by atoms with van der Waals surface area (Å²) in [6.07, 6.45) is 2.36. The van der Waals surface area contributed by atoms with Crippen molar-refractivity contribution in [1.29, 1.82) is 0 Å². The molecule has 1 heterocycles. The lowest BCUT2D eigenvalue weighted by Gasteiger charge is -2.05. The number of hydrogen-bond acceptors (Lipinski definition) is 8. The number of rotatable bonds is 11. The summed E-state index contributed by atoms with van der Waals surface area (Å²) in [5, 5.41) is 7.63. The molecule has 0 aliphatic rings. The minimum Gasteiger partial charge on any atom is -0.466 e. The molecule has 0 aliphatic carbocycles. The number of aromatic nitrogens is 1. The number of amides is 1. The number of ether oxygens (including phenoxy) is 2. The summed E-state index contributed by atoms with van der Waals surface area (Å²) in [6, 6.07) is 0. The van der Waals surface area contributed by atoms with Crippen molar-refractivity contribution in [2.75, 3.05) is 31.6 Å². The third kappa shape index (κ3) is 7.73. The second-order valence-electron chi connectivity index (χ2n) is 4.54. The molecule has 1 amide bonds. The van der Waals surface area contributed by atoms with Crippen molar-refractivity contribution in [1.82, 2.24) is 10.3 Å². The molecule has 9 heteroatoms. The zero-order valence-electron chi connectivity index (χ0n) is 13.5. The lowest BCUT2D eigenvalue weighted by Crippen LogP contribution is -2.30. The van der Waals surface area contributed by atoms with Gasteiger partial charge in [0.15, 0.2) is 17.4 Å². The molecule has 0 bridgehead atoms. The van der Waals surface area contributed by atoms with Gasteiger partial charge in [-0.25, -0.2) is 9.78 Å². The molecule has 8 nitrogen and oxygen atoms in total. The van der Waals surface area contributed by atoms with E-state index in [1.54, 1.807) is 18.4 Å². The first-order chi connectivity index (χ1) is 11.6. The van der Waals surface area contributed by atoms with Gasteiger partial charge in [-0.2, -0.15) is 0 Å². The number of anilines is 1. The standard InChI is InChI=1S/C15H21N3O5S/c1-3-7-17-15-18-11(10-24-15)14(21)23-9-12(19)16-8-5-6-13(20)22-4-2/h3,10H,1,4-9H2,2H3,(H,16,19)(H,17,18). The predicted molar refractivity (Wildman–Crippen MR) is 90.0 cm³/mol. The van der Waals surface area contributed by atoms with Gasteiger partial charge in [0.25, 0.3) is 5.91 Å². The van der Waals surface area contributed by atoms with E-state index in [0.717, 1.165) is 0 Å². The minimum atomic E-state index is -0.667. The normalized spacial score (nSPS) is 9.88. The fourth-order valence-electron chi connectivity index (χ4n) is 1.56. The largest absolute Gasteiger partial charge is 0.466 e. The highest BCUT2D eigenvalue weighted by Gasteiger charge is 2.14. The van der Waals surface area contributed by atoms with Crippen LogP contribution in [0.25, 0.3) is 0 Å². The molecule has 24 heavy (non-hydrogen) atoms. The topological polar surface area (TPSA) is 107 Å². The third-order valence-corrected chi connectivity index (χ3v) is 3.43. The van der Waals surface area contributed by atoms with Crippen LogP contribution in [-0.4, -0.2) is 49.1 Å². The van der Waals surface area contributed by atoms with E-state index in [1.807, 2.05) is 0 Å². The number of esters is 2. The van der Waals surface area contributed by atoms with Gasteiger partial charge in [0.2, 0.25) is 0 Å². The Hall–Kier alpha value is -2.42. The maximum absolute atomic E-state index is 11.8. The lowest BCUT2D eigenvalue weighted by molar-refractivity contribution is -0.143. The van der Waals surface area contributed by atoms with E-state index in [4.69, 9.17) is 9.47 Å². The SMILES string of the molecule is C=CCNc1nc(C(=O)OCC(=O)NCCCC(=O)OCC)cs1. The van der Waals surface area contributed by atoms with E-state index in [1.165, 1.54) is 11.3 Å². The summed E-state index contributed by atoms with van der Waals surface area (Å²) in [6.45, 7) is 6.08. The van der Waals surface area contributed by atoms with Crippen LogP contribution in [0, 0.1) is 0 Å². The van der Waals surface area contributed by atoms with Gasteiger partial charge in [0.05, 0.1) is 6.61 Å². The Bertz CT molecular complexity index is 573. The van der Waals surface area contributed by atoms with Crippen LogP contribution in [0.5, 0.6) is 0 Å². The first kappa shape index (κ1) is 19.6. The van der Waals surface area contributed by atoms with Crippen LogP contribution in [0.15, 0.2) is 18.0 Å². The van der Waals surface area contributed by atoms with Crippen molar-refractivity contribution >= 4 is 34.3 Å². The van der Waals surface area contributed by atoms with Gasteiger partial charge in [-0.1, -0.05) is 6.08 Å². The van der Waals surface area contributed by atoms with E-state index < -0.39 is 18.5 Å². The van der Waals surface area contributed by atoms with Crippen LogP contribution in [-0.2, 0) is 19.1 Å². The molecule has 0 spiro atoms.